The average molecular weight is 412 g/mol. The second kappa shape index (κ2) is 8.19. The summed E-state index contributed by atoms with van der Waals surface area (Å²) in [6.45, 7) is 0. The molecule has 1 fully saturated rings. The van der Waals surface area contributed by atoms with Crippen LogP contribution in [-0.2, 0) is 6.18 Å². The number of carbonyl (C=O) groups excluding carboxylic acids is 1. The summed E-state index contributed by atoms with van der Waals surface area (Å²) in [4.78, 5) is 19.3. The number of aromatic nitrogens is 2. The largest absolute Gasteiger partial charge is 0.417 e. The highest BCUT2D eigenvalue weighted by molar-refractivity contribution is 5.98. The maximum atomic E-state index is 14.5. The molecule has 1 aliphatic carbocycles. The van der Waals surface area contributed by atoms with E-state index in [2.05, 4.69) is 20.6 Å². The minimum Gasteiger partial charge on any atom is -0.365 e. The van der Waals surface area contributed by atoms with Crippen molar-refractivity contribution in [2.45, 2.75) is 43.9 Å². The molecule has 0 spiro atoms. The number of halogens is 4. The lowest BCUT2D eigenvalue weighted by Crippen LogP contribution is -2.43. The average Bonchev–Trinajstić information content (AvgIpc) is 2.65. The van der Waals surface area contributed by atoms with Crippen LogP contribution >= 0.6 is 0 Å². The molecule has 2 atom stereocenters. The summed E-state index contributed by atoms with van der Waals surface area (Å²) < 4.78 is 53.2. The van der Waals surface area contributed by atoms with Crippen LogP contribution in [0.2, 0.25) is 0 Å². The predicted molar refractivity (Wildman–Crippen MR) is 99.1 cm³/mol. The highest BCUT2D eigenvalue weighted by Gasteiger charge is 2.31. The van der Waals surface area contributed by atoms with E-state index < -0.39 is 23.5 Å². The number of rotatable bonds is 5. The summed E-state index contributed by atoms with van der Waals surface area (Å²) in [7, 11) is 0. The first-order valence-corrected chi connectivity index (χ1v) is 8.97. The maximum Gasteiger partial charge on any atom is 0.417 e. The van der Waals surface area contributed by atoms with Crippen LogP contribution in [0.5, 0.6) is 0 Å². The van der Waals surface area contributed by atoms with Gasteiger partial charge in [-0.2, -0.15) is 13.2 Å². The highest BCUT2D eigenvalue weighted by atomic mass is 19.4. The summed E-state index contributed by atoms with van der Waals surface area (Å²) in [5.74, 6) is -2.16. The van der Waals surface area contributed by atoms with Crippen molar-refractivity contribution < 1.29 is 22.4 Å². The van der Waals surface area contributed by atoms with E-state index in [1.54, 1.807) is 0 Å². The number of nitrogens with zero attached hydrogens (tertiary/aromatic N) is 2. The van der Waals surface area contributed by atoms with Crippen LogP contribution in [-0.4, -0.2) is 28.0 Å². The normalized spacial score (nSPS) is 19.6. The third kappa shape index (κ3) is 4.91. The standard InChI is InChI=1S/C18H20F4N6O/c19-12-6-11(15(24)29)16(26-10-5-9(7-25-8-10)18(20,21)22)28-17(12)27-14-4-2-1-3-13(14)23/h5-8,13-14H,1-4,23H2,(H2,24,29)(H2,26,27,28). The van der Waals surface area contributed by atoms with Crippen molar-refractivity contribution in [2.75, 3.05) is 10.6 Å². The fourth-order valence-electron chi connectivity index (χ4n) is 3.19. The van der Waals surface area contributed by atoms with Crippen LogP contribution in [0.4, 0.5) is 34.9 Å². The molecule has 1 saturated carbocycles. The Kier molecular flexibility index (Phi) is 5.87. The lowest BCUT2D eigenvalue weighted by atomic mass is 9.91. The fourth-order valence-corrected chi connectivity index (χ4v) is 3.19. The Hall–Kier alpha value is -2.95. The molecule has 0 bridgehead atoms. The Labute approximate surface area is 163 Å². The van der Waals surface area contributed by atoms with Crippen molar-refractivity contribution in [3.8, 4) is 0 Å². The van der Waals surface area contributed by atoms with Crippen LogP contribution in [0.1, 0.15) is 41.6 Å². The predicted octanol–water partition coefficient (Wildman–Crippen LogP) is 3.16. The summed E-state index contributed by atoms with van der Waals surface area (Å²) in [5, 5.41) is 5.50. The molecule has 1 amide bonds. The van der Waals surface area contributed by atoms with Gasteiger partial charge in [0.1, 0.15) is 5.82 Å². The highest BCUT2D eigenvalue weighted by Crippen LogP contribution is 2.31. The second-order valence-corrected chi connectivity index (χ2v) is 6.86. The number of carbonyl (C=O) groups is 1. The molecule has 2 unspecified atom stereocenters. The number of amides is 1. The molecular formula is C18H20F4N6O. The first-order valence-electron chi connectivity index (χ1n) is 8.97. The molecular weight excluding hydrogens is 392 g/mol. The SMILES string of the molecule is NC(=O)c1cc(F)c(NC2CCCCC2N)nc1Nc1cncc(C(F)(F)F)c1. The van der Waals surface area contributed by atoms with E-state index in [9.17, 15) is 22.4 Å². The zero-order chi connectivity index (χ0) is 21.2. The molecule has 6 N–H and O–H groups in total. The first kappa shape index (κ1) is 20.8. The molecule has 0 saturated heterocycles. The van der Waals surface area contributed by atoms with Crippen molar-refractivity contribution in [1.82, 2.24) is 9.97 Å². The molecule has 2 heterocycles. The van der Waals surface area contributed by atoms with Crippen LogP contribution in [0.15, 0.2) is 24.5 Å². The Morgan fingerprint density at radius 1 is 1.14 bits per heavy atom. The van der Waals surface area contributed by atoms with Crippen LogP contribution in [0.3, 0.4) is 0 Å². The third-order valence-corrected chi connectivity index (χ3v) is 4.71. The number of nitrogens with two attached hydrogens (primary N) is 2. The number of hydrogen-bond acceptors (Lipinski definition) is 6. The van der Waals surface area contributed by atoms with Gasteiger partial charge in [0.25, 0.3) is 5.91 Å². The molecule has 0 aromatic carbocycles. The number of nitrogens with one attached hydrogen (secondary N) is 2. The summed E-state index contributed by atoms with van der Waals surface area (Å²) in [6.07, 6.45) is 0.584. The Bertz CT molecular complexity index is 904. The van der Waals surface area contributed by atoms with E-state index in [1.165, 1.54) is 0 Å². The Morgan fingerprint density at radius 2 is 1.86 bits per heavy atom. The van der Waals surface area contributed by atoms with Gasteiger partial charge >= 0.3 is 6.18 Å². The molecule has 1 aliphatic rings. The van der Waals surface area contributed by atoms with Gasteiger partial charge in [-0.25, -0.2) is 9.37 Å². The van der Waals surface area contributed by atoms with E-state index in [1.807, 2.05) is 0 Å². The summed E-state index contributed by atoms with van der Waals surface area (Å²) in [6, 6.07) is 1.28. The minimum absolute atomic E-state index is 0.0817. The van der Waals surface area contributed by atoms with Gasteiger partial charge in [-0.05, 0) is 25.0 Å². The fraction of sp³-hybridized carbons (Fsp3) is 0.389. The van der Waals surface area contributed by atoms with Gasteiger partial charge in [0.15, 0.2) is 11.6 Å². The van der Waals surface area contributed by atoms with Gasteiger partial charge in [0, 0.05) is 18.3 Å². The first-order chi connectivity index (χ1) is 13.6. The number of anilines is 3. The van der Waals surface area contributed by atoms with E-state index in [-0.39, 0.29) is 35.0 Å². The summed E-state index contributed by atoms with van der Waals surface area (Å²) in [5.41, 5.74) is 9.95. The molecule has 7 nitrogen and oxygen atoms in total. The Balaban J connectivity index is 1.93. The van der Waals surface area contributed by atoms with E-state index in [0.29, 0.717) is 6.20 Å². The quantitative estimate of drug-likeness (QED) is 0.560. The second-order valence-electron chi connectivity index (χ2n) is 6.86. The molecule has 156 valence electrons. The number of primary amides is 1. The maximum absolute atomic E-state index is 14.5. The van der Waals surface area contributed by atoms with Gasteiger partial charge in [-0.1, -0.05) is 12.8 Å². The molecule has 29 heavy (non-hydrogen) atoms. The van der Waals surface area contributed by atoms with Crippen molar-refractivity contribution in [3.63, 3.8) is 0 Å². The minimum atomic E-state index is -4.60. The van der Waals surface area contributed by atoms with Crippen LogP contribution in [0.25, 0.3) is 0 Å². The van der Waals surface area contributed by atoms with Gasteiger partial charge in [-0.3, -0.25) is 9.78 Å². The van der Waals surface area contributed by atoms with Gasteiger partial charge < -0.3 is 22.1 Å². The van der Waals surface area contributed by atoms with Crippen molar-refractivity contribution >= 4 is 23.2 Å². The van der Waals surface area contributed by atoms with Crippen molar-refractivity contribution in [2.24, 2.45) is 11.5 Å². The lowest BCUT2D eigenvalue weighted by Gasteiger charge is -2.30. The number of hydrogen-bond donors (Lipinski definition) is 4. The monoisotopic (exact) mass is 412 g/mol. The lowest BCUT2D eigenvalue weighted by molar-refractivity contribution is -0.137. The number of alkyl halides is 3. The topological polar surface area (TPSA) is 119 Å². The zero-order valence-corrected chi connectivity index (χ0v) is 15.3. The molecule has 2 aromatic rings. The van der Waals surface area contributed by atoms with Crippen LogP contribution in [0, 0.1) is 5.82 Å². The molecule has 2 aromatic heterocycles. The van der Waals surface area contributed by atoms with Crippen LogP contribution < -0.4 is 22.1 Å². The Morgan fingerprint density at radius 3 is 2.52 bits per heavy atom. The van der Waals surface area contributed by atoms with Crippen molar-refractivity contribution in [1.29, 1.82) is 0 Å². The smallest absolute Gasteiger partial charge is 0.365 e. The van der Waals surface area contributed by atoms with E-state index in [0.717, 1.165) is 44.0 Å². The van der Waals surface area contributed by atoms with Crippen molar-refractivity contribution in [3.05, 3.63) is 41.5 Å². The zero-order valence-electron chi connectivity index (χ0n) is 15.3. The van der Waals surface area contributed by atoms with E-state index >= 15 is 0 Å². The summed E-state index contributed by atoms with van der Waals surface area (Å²) >= 11 is 0. The van der Waals surface area contributed by atoms with E-state index in [4.69, 9.17) is 11.5 Å². The third-order valence-electron chi connectivity index (χ3n) is 4.71. The van der Waals surface area contributed by atoms with Gasteiger partial charge in [0.05, 0.1) is 23.0 Å². The molecule has 0 radical (unpaired) electrons. The molecule has 3 rings (SSSR count). The molecule has 11 heteroatoms. The van der Waals surface area contributed by atoms with Gasteiger partial charge in [-0.15, -0.1) is 0 Å². The molecule has 0 aliphatic heterocycles. The van der Waals surface area contributed by atoms with Gasteiger partial charge in [0.2, 0.25) is 0 Å². The number of pyridine rings is 2.